The van der Waals surface area contributed by atoms with Crippen molar-refractivity contribution in [1.29, 1.82) is 0 Å². The Bertz CT molecular complexity index is 949. The first-order valence-corrected chi connectivity index (χ1v) is 8.64. The molecule has 2 heterocycles. The van der Waals surface area contributed by atoms with Crippen molar-refractivity contribution < 1.29 is 14.7 Å². The van der Waals surface area contributed by atoms with Crippen LogP contribution in [0.1, 0.15) is 6.42 Å². The van der Waals surface area contributed by atoms with Gasteiger partial charge < -0.3 is 9.67 Å². The van der Waals surface area contributed by atoms with Crippen LogP contribution in [-0.4, -0.2) is 39.0 Å². The molecule has 0 radical (unpaired) electrons. The van der Waals surface area contributed by atoms with Crippen LogP contribution in [0.25, 0.3) is 21.8 Å². The molecule has 1 N–H and O–H groups in total. The number of piperidine rings is 1. The maximum absolute atomic E-state index is 12.1. The molecule has 126 valence electrons. The number of para-hydroxylation sites is 2. The van der Waals surface area contributed by atoms with Crippen LogP contribution in [0.5, 0.6) is 0 Å². The Balaban J connectivity index is 1.47. The molecule has 3 atom stereocenters. The third-order valence-corrected chi connectivity index (χ3v) is 5.42. The number of benzene rings is 2. The van der Waals surface area contributed by atoms with E-state index in [1.165, 1.54) is 4.90 Å². The monoisotopic (exact) mass is 334 g/mol. The Morgan fingerprint density at radius 1 is 0.880 bits per heavy atom. The number of carbonyl (C=O) groups is 2. The standard InChI is InChI=1S/C20H18N2O3/c23-12(11-22-19(24)15-9-16(15)20(22)25)10-21-17-7-3-1-5-13(17)14-6-2-4-8-18(14)21/h1-8,12,15-16,23H,9-11H2. The Labute approximate surface area is 144 Å². The van der Waals surface area contributed by atoms with E-state index in [-0.39, 0.29) is 30.2 Å². The highest BCUT2D eigenvalue weighted by molar-refractivity contribution is 6.09. The van der Waals surface area contributed by atoms with Crippen molar-refractivity contribution in [3.63, 3.8) is 0 Å². The molecule has 2 amide bonds. The van der Waals surface area contributed by atoms with E-state index in [0.29, 0.717) is 13.0 Å². The molecular weight excluding hydrogens is 316 g/mol. The number of imide groups is 1. The van der Waals surface area contributed by atoms with E-state index in [1.54, 1.807) is 0 Å². The normalized spacial score (nSPS) is 23.5. The van der Waals surface area contributed by atoms with Crippen LogP contribution in [0.2, 0.25) is 0 Å². The predicted octanol–water partition coefficient (Wildman–Crippen LogP) is 2.16. The molecule has 2 aromatic carbocycles. The van der Waals surface area contributed by atoms with Crippen molar-refractivity contribution in [3.8, 4) is 0 Å². The van der Waals surface area contributed by atoms with E-state index in [9.17, 15) is 14.7 Å². The molecule has 5 heteroatoms. The number of hydrogen-bond donors (Lipinski definition) is 1. The molecule has 1 aromatic heterocycles. The minimum absolute atomic E-state index is 0.0749. The molecule has 1 saturated carbocycles. The van der Waals surface area contributed by atoms with Crippen LogP contribution in [0.15, 0.2) is 48.5 Å². The molecule has 0 spiro atoms. The van der Waals surface area contributed by atoms with Gasteiger partial charge >= 0.3 is 0 Å². The lowest BCUT2D eigenvalue weighted by Gasteiger charge is -2.21. The quantitative estimate of drug-likeness (QED) is 0.744. The summed E-state index contributed by atoms with van der Waals surface area (Å²) in [5.74, 6) is -0.464. The first kappa shape index (κ1) is 14.7. The molecule has 1 aliphatic heterocycles. The third kappa shape index (κ3) is 2.12. The number of aromatic nitrogens is 1. The summed E-state index contributed by atoms with van der Waals surface area (Å²) in [4.78, 5) is 25.5. The highest BCUT2D eigenvalue weighted by Gasteiger charge is 2.58. The second kappa shape index (κ2) is 5.17. The lowest BCUT2D eigenvalue weighted by Crippen LogP contribution is -2.40. The topological polar surface area (TPSA) is 62.5 Å². The fourth-order valence-corrected chi connectivity index (χ4v) is 4.11. The van der Waals surface area contributed by atoms with Gasteiger partial charge in [-0.3, -0.25) is 14.5 Å². The third-order valence-electron chi connectivity index (χ3n) is 5.42. The molecule has 5 rings (SSSR count). The number of hydrogen-bond acceptors (Lipinski definition) is 3. The minimum atomic E-state index is -0.787. The van der Waals surface area contributed by atoms with E-state index in [1.807, 2.05) is 36.4 Å². The van der Waals surface area contributed by atoms with Gasteiger partial charge in [-0.2, -0.15) is 0 Å². The average Bonchev–Trinajstić information content (AvgIpc) is 3.33. The second-order valence-electron chi connectivity index (χ2n) is 7.03. The molecule has 1 aliphatic carbocycles. The Morgan fingerprint density at radius 2 is 1.40 bits per heavy atom. The van der Waals surface area contributed by atoms with E-state index in [2.05, 4.69) is 16.7 Å². The van der Waals surface area contributed by atoms with Crippen LogP contribution in [-0.2, 0) is 16.1 Å². The van der Waals surface area contributed by atoms with Gasteiger partial charge in [-0.05, 0) is 18.6 Å². The summed E-state index contributed by atoms with van der Waals surface area (Å²) in [6, 6.07) is 16.2. The van der Waals surface area contributed by atoms with Gasteiger partial charge in [0, 0.05) is 21.8 Å². The van der Waals surface area contributed by atoms with Crippen molar-refractivity contribution in [2.45, 2.75) is 19.1 Å². The predicted molar refractivity (Wildman–Crippen MR) is 93.8 cm³/mol. The summed E-state index contributed by atoms with van der Waals surface area (Å²) >= 11 is 0. The van der Waals surface area contributed by atoms with Crippen molar-refractivity contribution in [2.24, 2.45) is 11.8 Å². The second-order valence-corrected chi connectivity index (χ2v) is 7.03. The molecule has 3 aromatic rings. The Morgan fingerprint density at radius 3 is 1.96 bits per heavy atom. The first-order chi connectivity index (χ1) is 12.1. The van der Waals surface area contributed by atoms with Crippen molar-refractivity contribution in [3.05, 3.63) is 48.5 Å². The first-order valence-electron chi connectivity index (χ1n) is 8.64. The molecule has 0 bridgehead atoms. The average molecular weight is 334 g/mol. The van der Waals surface area contributed by atoms with Crippen LogP contribution in [0.4, 0.5) is 0 Å². The molecule has 2 aliphatic rings. The van der Waals surface area contributed by atoms with Crippen LogP contribution < -0.4 is 0 Å². The smallest absolute Gasteiger partial charge is 0.233 e. The van der Waals surface area contributed by atoms with Gasteiger partial charge in [0.2, 0.25) is 11.8 Å². The molecule has 2 fully saturated rings. The Kier molecular flexibility index (Phi) is 3.03. The number of nitrogens with zero attached hydrogens (tertiary/aromatic N) is 2. The van der Waals surface area contributed by atoms with Gasteiger partial charge in [-0.25, -0.2) is 0 Å². The highest BCUT2D eigenvalue weighted by atomic mass is 16.3. The van der Waals surface area contributed by atoms with Gasteiger partial charge in [0.1, 0.15) is 0 Å². The molecule has 5 nitrogen and oxygen atoms in total. The van der Waals surface area contributed by atoms with Gasteiger partial charge in [0.15, 0.2) is 0 Å². The molecular formula is C20H18N2O3. The number of likely N-dealkylation sites (tertiary alicyclic amines) is 1. The number of carbonyl (C=O) groups excluding carboxylic acids is 2. The van der Waals surface area contributed by atoms with Crippen LogP contribution in [0, 0.1) is 11.8 Å². The zero-order valence-corrected chi connectivity index (χ0v) is 13.6. The SMILES string of the molecule is O=C1C2CC2C(=O)N1CC(O)Cn1c2ccccc2c2ccccc21. The molecule has 1 saturated heterocycles. The molecule has 3 unspecified atom stereocenters. The zero-order chi connectivity index (χ0) is 17.1. The van der Waals surface area contributed by atoms with Crippen LogP contribution >= 0.6 is 0 Å². The minimum Gasteiger partial charge on any atom is -0.389 e. The number of amides is 2. The summed E-state index contributed by atoms with van der Waals surface area (Å²) < 4.78 is 2.07. The summed E-state index contributed by atoms with van der Waals surface area (Å²) in [5.41, 5.74) is 2.09. The summed E-state index contributed by atoms with van der Waals surface area (Å²) in [6.07, 6.45) is -0.0958. The fraction of sp³-hybridized carbons (Fsp3) is 0.300. The summed E-state index contributed by atoms with van der Waals surface area (Å²) in [6.45, 7) is 0.423. The fourth-order valence-electron chi connectivity index (χ4n) is 4.11. The number of β-amino-alcohol motifs (C(OH)–C–C–N with tert-alkyl or cyclic N) is 1. The lowest BCUT2D eigenvalue weighted by atomic mass is 10.2. The van der Waals surface area contributed by atoms with Gasteiger partial charge in [-0.15, -0.1) is 0 Å². The van der Waals surface area contributed by atoms with E-state index in [0.717, 1.165) is 21.8 Å². The van der Waals surface area contributed by atoms with E-state index in [4.69, 9.17) is 0 Å². The number of fused-ring (bicyclic) bond motifs is 4. The number of rotatable bonds is 4. The molecule has 25 heavy (non-hydrogen) atoms. The van der Waals surface area contributed by atoms with Crippen molar-refractivity contribution >= 4 is 33.6 Å². The van der Waals surface area contributed by atoms with E-state index >= 15 is 0 Å². The largest absolute Gasteiger partial charge is 0.389 e. The zero-order valence-electron chi connectivity index (χ0n) is 13.6. The number of aliphatic hydroxyl groups is 1. The Hall–Kier alpha value is -2.66. The van der Waals surface area contributed by atoms with Gasteiger partial charge in [-0.1, -0.05) is 36.4 Å². The van der Waals surface area contributed by atoms with Crippen molar-refractivity contribution in [1.82, 2.24) is 9.47 Å². The highest BCUT2D eigenvalue weighted by Crippen LogP contribution is 2.47. The van der Waals surface area contributed by atoms with Gasteiger partial charge in [0.05, 0.1) is 31.0 Å². The summed E-state index contributed by atoms with van der Waals surface area (Å²) in [7, 11) is 0. The number of aliphatic hydroxyl groups excluding tert-OH is 1. The van der Waals surface area contributed by atoms with Crippen LogP contribution in [0.3, 0.4) is 0 Å². The van der Waals surface area contributed by atoms with Gasteiger partial charge in [0.25, 0.3) is 0 Å². The maximum atomic E-state index is 12.1. The van der Waals surface area contributed by atoms with E-state index < -0.39 is 6.10 Å². The summed E-state index contributed by atoms with van der Waals surface area (Å²) in [5, 5.41) is 12.8. The maximum Gasteiger partial charge on any atom is 0.233 e. The lowest BCUT2D eigenvalue weighted by molar-refractivity contribution is -0.143. The van der Waals surface area contributed by atoms with Crippen molar-refractivity contribution in [2.75, 3.05) is 6.54 Å².